The number of hydrogen-bond donors (Lipinski definition) is 0. The average Bonchev–Trinajstić information content (AvgIpc) is 3.20. The number of ether oxygens (including phenoxy) is 2. The van der Waals surface area contributed by atoms with Gasteiger partial charge in [-0.05, 0) is 50.2 Å². The van der Waals surface area contributed by atoms with Crippen LogP contribution in [0.2, 0.25) is 0 Å². The lowest BCUT2D eigenvalue weighted by atomic mass is 10.1. The Balaban J connectivity index is 1.79. The largest absolute Gasteiger partial charge is 0.497 e. The molecule has 1 amide bonds. The SMILES string of the molecule is COc1cccc(C(=O)N(Cc2nc3nc(C)cc(C)n3n2)c2ccccc2OC)c1. The van der Waals surface area contributed by atoms with E-state index in [2.05, 4.69) is 15.1 Å². The van der Waals surface area contributed by atoms with Crippen LogP contribution in [0, 0.1) is 13.8 Å². The van der Waals surface area contributed by atoms with Gasteiger partial charge in [0, 0.05) is 17.0 Å². The zero-order valence-corrected chi connectivity index (χ0v) is 17.9. The van der Waals surface area contributed by atoms with Gasteiger partial charge in [0.1, 0.15) is 11.5 Å². The summed E-state index contributed by atoms with van der Waals surface area (Å²) in [7, 11) is 3.14. The Morgan fingerprint density at radius 3 is 2.58 bits per heavy atom. The van der Waals surface area contributed by atoms with Crippen molar-refractivity contribution in [3.8, 4) is 11.5 Å². The van der Waals surface area contributed by atoms with Gasteiger partial charge in [-0.15, -0.1) is 5.10 Å². The Kier molecular flexibility index (Phi) is 5.53. The van der Waals surface area contributed by atoms with Crippen LogP contribution in [0.4, 0.5) is 5.69 Å². The van der Waals surface area contributed by atoms with E-state index in [1.165, 1.54) is 0 Å². The number of aryl methyl sites for hydroxylation is 2. The first kappa shape index (κ1) is 20.3. The van der Waals surface area contributed by atoms with Gasteiger partial charge in [-0.2, -0.15) is 4.98 Å². The number of aromatic nitrogens is 4. The second-order valence-electron chi connectivity index (χ2n) is 7.07. The fourth-order valence-electron chi connectivity index (χ4n) is 3.45. The van der Waals surface area contributed by atoms with Crippen LogP contribution in [0.3, 0.4) is 0 Å². The van der Waals surface area contributed by atoms with E-state index >= 15 is 0 Å². The maximum absolute atomic E-state index is 13.6. The molecule has 0 aliphatic carbocycles. The van der Waals surface area contributed by atoms with Crippen molar-refractivity contribution in [2.24, 2.45) is 0 Å². The summed E-state index contributed by atoms with van der Waals surface area (Å²) in [5.74, 6) is 1.94. The smallest absolute Gasteiger partial charge is 0.258 e. The summed E-state index contributed by atoms with van der Waals surface area (Å²) in [5, 5.41) is 4.57. The number of nitrogens with zero attached hydrogens (tertiary/aromatic N) is 5. The molecule has 0 unspecified atom stereocenters. The minimum absolute atomic E-state index is 0.151. The fourth-order valence-corrected chi connectivity index (χ4v) is 3.45. The third-order valence-electron chi connectivity index (χ3n) is 4.90. The number of benzene rings is 2. The van der Waals surface area contributed by atoms with Crippen molar-refractivity contribution in [2.45, 2.75) is 20.4 Å². The number of carbonyl (C=O) groups excluding carboxylic acids is 1. The van der Waals surface area contributed by atoms with E-state index in [-0.39, 0.29) is 12.5 Å². The van der Waals surface area contributed by atoms with Crippen LogP contribution in [0.25, 0.3) is 5.78 Å². The Bertz CT molecular complexity index is 1250. The quantitative estimate of drug-likeness (QED) is 0.477. The second kappa shape index (κ2) is 8.43. The van der Waals surface area contributed by atoms with E-state index in [1.54, 1.807) is 47.9 Å². The van der Waals surface area contributed by atoms with Gasteiger partial charge in [0.2, 0.25) is 0 Å². The number of methoxy groups -OCH3 is 2. The van der Waals surface area contributed by atoms with Crippen LogP contribution in [-0.4, -0.2) is 39.7 Å². The molecule has 2 aromatic heterocycles. The molecule has 0 aliphatic rings. The number of fused-ring (bicyclic) bond motifs is 1. The number of para-hydroxylation sites is 2. The van der Waals surface area contributed by atoms with Gasteiger partial charge >= 0.3 is 0 Å². The molecule has 0 atom stereocenters. The highest BCUT2D eigenvalue weighted by Crippen LogP contribution is 2.30. The highest BCUT2D eigenvalue weighted by Gasteiger charge is 2.24. The molecule has 8 nitrogen and oxygen atoms in total. The van der Waals surface area contributed by atoms with Gasteiger partial charge in [-0.25, -0.2) is 9.50 Å². The molecule has 8 heteroatoms. The molecule has 0 spiro atoms. The first-order chi connectivity index (χ1) is 15.0. The van der Waals surface area contributed by atoms with Crippen LogP contribution in [0.1, 0.15) is 27.6 Å². The van der Waals surface area contributed by atoms with Crippen molar-refractivity contribution in [1.82, 2.24) is 19.6 Å². The van der Waals surface area contributed by atoms with Crippen LogP contribution in [0.5, 0.6) is 11.5 Å². The van der Waals surface area contributed by atoms with Crippen molar-refractivity contribution in [3.05, 3.63) is 77.4 Å². The van der Waals surface area contributed by atoms with Crippen LogP contribution < -0.4 is 14.4 Å². The summed E-state index contributed by atoms with van der Waals surface area (Å²) in [6.45, 7) is 4.01. The highest BCUT2D eigenvalue weighted by atomic mass is 16.5. The molecule has 4 aromatic rings. The minimum atomic E-state index is -0.219. The predicted octanol–water partition coefficient (Wildman–Crippen LogP) is 3.61. The summed E-state index contributed by atoms with van der Waals surface area (Å²) in [5.41, 5.74) is 2.89. The molecular formula is C23H23N5O3. The molecule has 2 heterocycles. The Labute approximate surface area is 180 Å². The summed E-state index contributed by atoms with van der Waals surface area (Å²) in [6.07, 6.45) is 0. The topological polar surface area (TPSA) is 81.9 Å². The van der Waals surface area contributed by atoms with E-state index in [1.807, 2.05) is 44.2 Å². The molecule has 0 bridgehead atoms. The number of amides is 1. The lowest BCUT2D eigenvalue weighted by Crippen LogP contribution is -2.31. The number of hydrogen-bond acceptors (Lipinski definition) is 6. The third kappa shape index (κ3) is 4.05. The average molecular weight is 417 g/mol. The van der Waals surface area contributed by atoms with Crippen LogP contribution >= 0.6 is 0 Å². The molecule has 0 aliphatic heterocycles. The first-order valence-corrected chi connectivity index (χ1v) is 9.79. The Hall–Kier alpha value is -3.94. The van der Waals surface area contributed by atoms with E-state index in [0.29, 0.717) is 34.4 Å². The van der Waals surface area contributed by atoms with Gasteiger partial charge in [0.05, 0.1) is 26.5 Å². The van der Waals surface area contributed by atoms with Gasteiger partial charge in [0.15, 0.2) is 5.82 Å². The molecule has 31 heavy (non-hydrogen) atoms. The standard InChI is InChI=1S/C23H23N5O3/c1-15-12-16(2)28-23(24-15)25-21(26-28)14-27(19-10-5-6-11-20(19)31-4)22(29)17-8-7-9-18(13-17)30-3/h5-13H,14H2,1-4H3. The van der Waals surface area contributed by atoms with Gasteiger partial charge in [-0.1, -0.05) is 18.2 Å². The summed E-state index contributed by atoms with van der Waals surface area (Å²) >= 11 is 0. The van der Waals surface area contributed by atoms with E-state index < -0.39 is 0 Å². The number of rotatable bonds is 6. The molecule has 0 fully saturated rings. The molecule has 0 radical (unpaired) electrons. The molecule has 158 valence electrons. The third-order valence-corrected chi connectivity index (χ3v) is 4.90. The molecular weight excluding hydrogens is 394 g/mol. The number of carbonyl (C=O) groups is 1. The summed E-state index contributed by atoms with van der Waals surface area (Å²) in [6, 6.07) is 16.3. The van der Waals surface area contributed by atoms with Gasteiger partial charge in [0.25, 0.3) is 11.7 Å². The zero-order chi connectivity index (χ0) is 22.0. The summed E-state index contributed by atoms with van der Waals surface area (Å²) in [4.78, 5) is 24.1. The number of anilines is 1. The maximum Gasteiger partial charge on any atom is 0.258 e. The molecule has 4 rings (SSSR count). The molecule has 0 N–H and O–H groups in total. The van der Waals surface area contributed by atoms with E-state index in [9.17, 15) is 4.79 Å². The van der Waals surface area contributed by atoms with Crippen molar-refractivity contribution >= 4 is 17.4 Å². The van der Waals surface area contributed by atoms with Crippen LogP contribution in [-0.2, 0) is 6.54 Å². The van der Waals surface area contributed by atoms with Crippen LogP contribution in [0.15, 0.2) is 54.6 Å². The fraction of sp³-hybridized carbons (Fsp3) is 0.217. The zero-order valence-electron chi connectivity index (χ0n) is 17.9. The predicted molar refractivity (Wildman–Crippen MR) is 117 cm³/mol. The van der Waals surface area contributed by atoms with Crippen molar-refractivity contribution in [3.63, 3.8) is 0 Å². The lowest BCUT2D eigenvalue weighted by Gasteiger charge is -2.23. The Morgan fingerprint density at radius 1 is 1.00 bits per heavy atom. The monoisotopic (exact) mass is 417 g/mol. The summed E-state index contributed by atoms with van der Waals surface area (Å²) < 4.78 is 12.5. The Morgan fingerprint density at radius 2 is 1.81 bits per heavy atom. The second-order valence-corrected chi connectivity index (χ2v) is 7.07. The lowest BCUT2D eigenvalue weighted by molar-refractivity contribution is 0.0983. The van der Waals surface area contributed by atoms with E-state index in [0.717, 1.165) is 11.4 Å². The van der Waals surface area contributed by atoms with E-state index in [4.69, 9.17) is 9.47 Å². The molecule has 0 saturated carbocycles. The normalized spacial score (nSPS) is 10.8. The maximum atomic E-state index is 13.6. The van der Waals surface area contributed by atoms with Gasteiger partial charge in [-0.3, -0.25) is 9.69 Å². The van der Waals surface area contributed by atoms with Crippen molar-refractivity contribution in [1.29, 1.82) is 0 Å². The van der Waals surface area contributed by atoms with Crippen molar-refractivity contribution in [2.75, 3.05) is 19.1 Å². The van der Waals surface area contributed by atoms with Gasteiger partial charge < -0.3 is 9.47 Å². The first-order valence-electron chi connectivity index (χ1n) is 9.79. The van der Waals surface area contributed by atoms with Crippen molar-refractivity contribution < 1.29 is 14.3 Å². The minimum Gasteiger partial charge on any atom is -0.497 e. The molecule has 0 saturated heterocycles. The highest BCUT2D eigenvalue weighted by molar-refractivity contribution is 6.07. The molecule has 2 aromatic carbocycles.